The van der Waals surface area contributed by atoms with Crippen molar-refractivity contribution in [3.05, 3.63) is 140 Å². The Bertz CT molecular complexity index is 3190. The summed E-state index contributed by atoms with van der Waals surface area (Å²) in [6, 6.07) is 39.2. The van der Waals surface area contributed by atoms with Gasteiger partial charge >= 0.3 is 0 Å². The van der Waals surface area contributed by atoms with Crippen LogP contribution in [0, 0.1) is 34.0 Å². The molecule has 0 fully saturated rings. The van der Waals surface area contributed by atoms with E-state index in [0.717, 1.165) is 17.7 Å². The summed E-state index contributed by atoms with van der Waals surface area (Å²) >= 11 is 7.67. The second-order valence-electron chi connectivity index (χ2n) is 18.7. The first-order valence-corrected chi connectivity index (χ1v) is 29.2. The normalized spacial score (nSPS) is 14.7. The van der Waals surface area contributed by atoms with Crippen LogP contribution in [0.5, 0.6) is 0 Å². The predicted octanol–water partition coefficient (Wildman–Crippen LogP) is 14.0. The smallest absolute Gasteiger partial charge is 0.186 e. The summed E-state index contributed by atoms with van der Waals surface area (Å²) in [5, 5.41) is 35.5. The first kappa shape index (κ1) is 47.3. The molecule has 6 heterocycles. The van der Waals surface area contributed by atoms with E-state index < -0.39 is 13.7 Å². The van der Waals surface area contributed by atoms with E-state index in [1.165, 1.54) is 128 Å². The Morgan fingerprint density at radius 1 is 0.632 bits per heavy atom. The van der Waals surface area contributed by atoms with Crippen LogP contribution >= 0.6 is 45.3 Å². The highest BCUT2D eigenvalue weighted by Crippen LogP contribution is 2.49. The number of rotatable bonds is 17. The molecule has 68 heavy (non-hydrogen) atoms. The van der Waals surface area contributed by atoms with E-state index in [0.29, 0.717) is 5.57 Å². The van der Waals surface area contributed by atoms with Gasteiger partial charge in [0.25, 0.3) is 0 Å². The Labute approximate surface area is 418 Å². The van der Waals surface area contributed by atoms with Gasteiger partial charge in [0.2, 0.25) is 0 Å². The van der Waals surface area contributed by atoms with Crippen LogP contribution < -0.4 is 25.6 Å². The zero-order chi connectivity index (χ0) is 47.6. The number of nitrogens with zero attached hydrogens (tertiary/aromatic N) is 4. The van der Waals surface area contributed by atoms with E-state index in [1.807, 2.05) is 77.4 Å². The van der Waals surface area contributed by atoms with E-state index in [2.05, 4.69) is 142 Å². The highest BCUT2D eigenvalue weighted by atomic mass is 32.1. The number of allylic oxidation sites excluding steroid dienone is 2. The minimum atomic E-state index is -2.93. The fourth-order valence-corrected chi connectivity index (χ4v) is 22.5. The maximum atomic E-state index is 10.3. The van der Waals surface area contributed by atoms with Crippen molar-refractivity contribution in [2.24, 2.45) is 0 Å². The molecule has 7 aromatic rings. The van der Waals surface area contributed by atoms with Gasteiger partial charge in [0.1, 0.15) is 29.4 Å². The molecule has 0 aliphatic carbocycles. The largest absolute Gasteiger partial charge is 0.480 e. The molecule has 5 nitrogen and oxygen atoms in total. The van der Waals surface area contributed by atoms with Crippen molar-refractivity contribution in [3.63, 3.8) is 0 Å². The fraction of sp³-hybridized carbons (Fsp3) is 0.293. The number of anilines is 1. The van der Waals surface area contributed by atoms with E-state index in [9.17, 15) is 15.8 Å². The average molecular weight is 981 g/mol. The molecule has 342 valence electrons. The first-order chi connectivity index (χ1) is 33.0. The number of benzene rings is 3. The molecular weight excluding hydrogens is 925 g/mol. The summed E-state index contributed by atoms with van der Waals surface area (Å²) < 4.78 is 11.5. The van der Waals surface area contributed by atoms with Gasteiger partial charge in [0.15, 0.2) is 19.4 Å². The number of ether oxygens (including phenoxy) is 1. The monoisotopic (exact) mass is 980 g/mol. The molecule has 0 bridgehead atoms. The van der Waals surface area contributed by atoms with Gasteiger partial charge in [-0.3, -0.25) is 0 Å². The third-order valence-electron chi connectivity index (χ3n) is 13.5. The quantitative estimate of drug-likeness (QED) is 0.0516. The van der Waals surface area contributed by atoms with E-state index in [-0.39, 0.29) is 16.9 Å². The SMILES string of the molecule is CCCCCCc1ccc([Si]2(c3ccc(CCCCCC)cc3)c3c(sc4cc(/C=C/C5=C(C#N)C(=C(C#N)C#N)OC5(C)C)sc34)-c3sc4cc(/C=C/c5ccc(N(C)C)cc5)sc4c32)cc1. The number of hydrogen-bond acceptors (Lipinski definition) is 9. The highest BCUT2D eigenvalue weighted by molar-refractivity contribution is 7.44. The van der Waals surface area contributed by atoms with Gasteiger partial charge in [-0.25, -0.2) is 0 Å². The maximum Gasteiger partial charge on any atom is 0.186 e. The Kier molecular flexibility index (Phi) is 14.0. The minimum Gasteiger partial charge on any atom is -0.480 e. The summed E-state index contributed by atoms with van der Waals surface area (Å²) in [7, 11) is 1.22. The highest BCUT2D eigenvalue weighted by Gasteiger charge is 2.54. The van der Waals surface area contributed by atoms with Crippen molar-refractivity contribution in [1.29, 1.82) is 15.8 Å². The fourth-order valence-electron chi connectivity index (χ4n) is 9.91. The Balaban J connectivity index is 1.22. The van der Waals surface area contributed by atoms with Gasteiger partial charge in [0.05, 0.1) is 0 Å². The molecule has 0 saturated carbocycles. The molecule has 9 rings (SSSR count). The van der Waals surface area contributed by atoms with Crippen molar-refractivity contribution >= 4 is 117 Å². The van der Waals surface area contributed by atoms with Crippen LogP contribution in [-0.2, 0) is 17.6 Å². The summed E-state index contributed by atoms with van der Waals surface area (Å²) in [5.74, 6) is 0.0604. The van der Waals surface area contributed by atoms with Crippen LogP contribution in [0.15, 0.2) is 113 Å². The lowest BCUT2D eigenvalue weighted by Crippen LogP contribution is -2.72. The van der Waals surface area contributed by atoms with Gasteiger partial charge in [-0.05, 0) is 113 Å². The summed E-state index contributed by atoms with van der Waals surface area (Å²) in [6.07, 6.45) is 20.7. The second-order valence-corrected chi connectivity index (χ2v) is 26.6. The Morgan fingerprint density at radius 2 is 1.13 bits per heavy atom. The Hall–Kier alpha value is -5.77. The van der Waals surface area contributed by atoms with Gasteiger partial charge in [-0.15, -0.1) is 45.3 Å². The van der Waals surface area contributed by atoms with Gasteiger partial charge < -0.3 is 9.64 Å². The van der Waals surface area contributed by atoms with E-state index in [4.69, 9.17) is 4.74 Å². The molecule has 0 spiro atoms. The maximum absolute atomic E-state index is 10.3. The van der Waals surface area contributed by atoms with Crippen molar-refractivity contribution in [2.45, 2.75) is 97.5 Å². The number of fused-ring (bicyclic) bond motifs is 7. The first-order valence-electron chi connectivity index (χ1n) is 23.9. The molecule has 0 saturated heterocycles. The third kappa shape index (κ3) is 8.77. The number of unbranched alkanes of at least 4 members (excludes halogenated alkanes) is 6. The number of thiophene rings is 4. The molecule has 3 aromatic carbocycles. The van der Waals surface area contributed by atoms with E-state index >= 15 is 0 Å². The van der Waals surface area contributed by atoms with E-state index in [1.54, 1.807) is 0 Å². The predicted molar refractivity (Wildman–Crippen MR) is 296 cm³/mol. The molecule has 2 aliphatic heterocycles. The standard InChI is InChI=1S/C58H56N4OS4Si/c1-7-9-11-13-15-38-20-28-45(29-21-38)68(46-30-22-39(23-31-46)16-14-12-10-8-2)56-52-49(33-43(64-52)26-19-40-17-24-42(25-18-40)62(5)6)66-54(56)55-57(68)53-50(67-55)34-44(65-53)27-32-48-47(37-61)51(41(35-59)36-60)63-58(48,3)4/h17-34H,7-16H2,1-6H3/b26-19+,32-27+. The summed E-state index contributed by atoms with van der Waals surface area (Å²) in [4.78, 5) is 7.33. The van der Waals surface area contributed by atoms with Crippen molar-refractivity contribution < 1.29 is 4.74 Å². The van der Waals surface area contributed by atoms with Gasteiger partial charge in [-0.1, -0.05) is 125 Å². The topological polar surface area (TPSA) is 83.8 Å². The molecule has 0 N–H and O–H groups in total. The van der Waals surface area contributed by atoms with Crippen LogP contribution in [0.4, 0.5) is 5.69 Å². The summed E-state index contributed by atoms with van der Waals surface area (Å²) in [5.41, 5.74) is 5.01. The lowest BCUT2D eigenvalue weighted by atomic mass is 9.94. The molecular formula is C58H56N4OS4Si. The number of aryl methyl sites for hydroxylation is 2. The van der Waals surface area contributed by atoms with Crippen LogP contribution in [0.3, 0.4) is 0 Å². The molecule has 0 unspecified atom stereocenters. The molecule has 0 amide bonds. The molecule has 10 heteroatoms. The number of nitriles is 3. The minimum absolute atomic E-state index is 0.0604. The van der Waals surface area contributed by atoms with Crippen LogP contribution in [0.2, 0.25) is 0 Å². The van der Waals surface area contributed by atoms with Crippen LogP contribution in [0.25, 0.3) is 46.8 Å². The molecule has 2 aliphatic rings. The molecule has 0 radical (unpaired) electrons. The van der Waals surface area contributed by atoms with Gasteiger partial charge in [-0.2, -0.15) is 15.8 Å². The zero-order valence-electron chi connectivity index (χ0n) is 39.8. The summed E-state index contributed by atoms with van der Waals surface area (Å²) in [6.45, 7) is 8.31. The van der Waals surface area contributed by atoms with Crippen molar-refractivity contribution in [3.8, 4) is 28.0 Å². The van der Waals surface area contributed by atoms with Gasteiger partial charge in [0, 0.05) is 63.7 Å². The molecule has 0 atom stereocenters. The zero-order valence-corrected chi connectivity index (χ0v) is 44.1. The van der Waals surface area contributed by atoms with Crippen LogP contribution in [0.1, 0.15) is 106 Å². The third-order valence-corrected chi connectivity index (χ3v) is 24.0. The lowest BCUT2D eigenvalue weighted by Gasteiger charge is -2.31. The van der Waals surface area contributed by atoms with Crippen molar-refractivity contribution in [1.82, 2.24) is 0 Å². The van der Waals surface area contributed by atoms with Crippen molar-refractivity contribution in [2.75, 3.05) is 19.0 Å². The van der Waals surface area contributed by atoms with Crippen LogP contribution in [-0.4, -0.2) is 27.8 Å². The number of hydrogen-bond donors (Lipinski definition) is 0. The Morgan fingerprint density at radius 3 is 1.59 bits per heavy atom. The average Bonchev–Trinajstić information content (AvgIpc) is 4.18. The second kappa shape index (κ2) is 20.1. The lowest BCUT2D eigenvalue weighted by molar-refractivity contribution is 0.0954. The molecule has 4 aromatic heterocycles.